The summed E-state index contributed by atoms with van der Waals surface area (Å²) in [5.74, 6) is 0.403. The molecule has 1 saturated heterocycles. The second-order valence-electron chi connectivity index (χ2n) is 6.46. The second kappa shape index (κ2) is 6.75. The lowest BCUT2D eigenvalue weighted by Crippen LogP contribution is -2.31. The van der Waals surface area contributed by atoms with Gasteiger partial charge in [0.1, 0.15) is 17.3 Å². The lowest BCUT2D eigenvalue weighted by Gasteiger charge is -2.25. The molecule has 1 aliphatic rings. The summed E-state index contributed by atoms with van der Waals surface area (Å²) in [5.41, 5.74) is 2.15. The van der Waals surface area contributed by atoms with Crippen LogP contribution in [0.3, 0.4) is 0 Å². The van der Waals surface area contributed by atoms with Crippen molar-refractivity contribution in [1.82, 2.24) is 9.88 Å². The molecule has 0 N–H and O–H groups in total. The fraction of sp³-hybridized carbons (Fsp3) is 0.238. The molecule has 132 valence electrons. The van der Waals surface area contributed by atoms with Crippen LogP contribution in [0.2, 0.25) is 0 Å². The molecular weight excluding hydrogens is 331 g/mol. The Kier molecular flexibility index (Phi) is 4.29. The number of halogens is 1. The molecule has 1 unspecified atom stereocenters. The number of methoxy groups -OCH3 is 1. The van der Waals surface area contributed by atoms with E-state index in [4.69, 9.17) is 4.74 Å². The average molecular weight is 350 g/mol. The van der Waals surface area contributed by atoms with Crippen molar-refractivity contribution in [1.29, 1.82) is 0 Å². The number of ether oxygens (including phenoxy) is 1. The molecule has 5 heteroatoms. The van der Waals surface area contributed by atoms with Crippen molar-refractivity contribution in [3.63, 3.8) is 0 Å². The molecule has 1 aromatic heterocycles. The van der Waals surface area contributed by atoms with Crippen LogP contribution >= 0.6 is 0 Å². The molecule has 0 bridgehead atoms. The van der Waals surface area contributed by atoms with E-state index < -0.39 is 0 Å². The molecule has 26 heavy (non-hydrogen) atoms. The van der Waals surface area contributed by atoms with Crippen molar-refractivity contribution in [2.24, 2.45) is 0 Å². The molecule has 2 heterocycles. The molecule has 3 aromatic rings. The normalized spacial score (nSPS) is 16.8. The summed E-state index contributed by atoms with van der Waals surface area (Å²) >= 11 is 0. The topological polar surface area (TPSA) is 42.4 Å². The van der Waals surface area contributed by atoms with Gasteiger partial charge >= 0.3 is 0 Å². The minimum Gasteiger partial charge on any atom is -0.497 e. The summed E-state index contributed by atoms with van der Waals surface area (Å²) in [5, 5.41) is 0.928. The van der Waals surface area contributed by atoms with Crippen molar-refractivity contribution < 1.29 is 13.9 Å². The molecular formula is C21H19FN2O2. The van der Waals surface area contributed by atoms with Crippen LogP contribution in [0, 0.1) is 5.82 Å². The molecule has 1 fully saturated rings. The molecule has 0 radical (unpaired) electrons. The summed E-state index contributed by atoms with van der Waals surface area (Å²) in [4.78, 5) is 19.4. The van der Waals surface area contributed by atoms with Crippen LogP contribution in [-0.2, 0) is 0 Å². The Hall–Kier alpha value is -2.95. The van der Waals surface area contributed by atoms with E-state index in [-0.39, 0.29) is 17.8 Å². The van der Waals surface area contributed by atoms with Crippen molar-refractivity contribution in [2.45, 2.75) is 18.9 Å². The fourth-order valence-electron chi connectivity index (χ4n) is 3.54. The molecule has 4 nitrogen and oxygen atoms in total. The predicted octanol–water partition coefficient (Wildman–Crippen LogP) is 4.36. The summed E-state index contributed by atoms with van der Waals surface area (Å²) in [6.07, 6.45) is 1.81. The van der Waals surface area contributed by atoms with Crippen LogP contribution < -0.4 is 4.74 Å². The lowest BCUT2D eigenvalue weighted by atomic mass is 10.0. The zero-order valence-electron chi connectivity index (χ0n) is 14.5. The number of carbonyl (C=O) groups is 1. The largest absolute Gasteiger partial charge is 0.497 e. The Morgan fingerprint density at radius 2 is 1.96 bits per heavy atom. The van der Waals surface area contributed by atoms with E-state index in [9.17, 15) is 9.18 Å². The number of rotatable bonds is 3. The first-order valence-electron chi connectivity index (χ1n) is 8.67. The van der Waals surface area contributed by atoms with Crippen LogP contribution in [0.5, 0.6) is 5.75 Å². The Labute approximate surface area is 151 Å². The van der Waals surface area contributed by atoms with E-state index in [1.54, 1.807) is 25.3 Å². The summed E-state index contributed by atoms with van der Waals surface area (Å²) in [6.45, 7) is 0.684. The van der Waals surface area contributed by atoms with Gasteiger partial charge in [-0.3, -0.25) is 4.79 Å². The van der Waals surface area contributed by atoms with Gasteiger partial charge in [0, 0.05) is 11.9 Å². The molecule has 1 atom stereocenters. The van der Waals surface area contributed by atoms with E-state index in [1.807, 2.05) is 29.2 Å². The maximum Gasteiger partial charge on any atom is 0.272 e. The Bertz CT molecular complexity index is 956. The number of pyridine rings is 1. The van der Waals surface area contributed by atoms with E-state index in [1.165, 1.54) is 12.1 Å². The van der Waals surface area contributed by atoms with Gasteiger partial charge in [-0.25, -0.2) is 9.37 Å². The van der Waals surface area contributed by atoms with Crippen molar-refractivity contribution in [3.05, 3.63) is 71.7 Å². The minimum atomic E-state index is -0.267. The van der Waals surface area contributed by atoms with E-state index in [0.29, 0.717) is 12.2 Å². The zero-order valence-corrected chi connectivity index (χ0v) is 14.5. The van der Waals surface area contributed by atoms with Gasteiger partial charge < -0.3 is 9.64 Å². The lowest BCUT2D eigenvalue weighted by molar-refractivity contribution is 0.0730. The quantitative estimate of drug-likeness (QED) is 0.705. The van der Waals surface area contributed by atoms with E-state index in [2.05, 4.69) is 4.98 Å². The predicted molar refractivity (Wildman–Crippen MR) is 97.7 cm³/mol. The molecule has 1 aliphatic heterocycles. The van der Waals surface area contributed by atoms with Gasteiger partial charge in [0.25, 0.3) is 5.91 Å². The highest BCUT2D eigenvalue weighted by Gasteiger charge is 2.31. The average Bonchev–Trinajstić information content (AvgIpc) is 3.17. The third kappa shape index (κ3) is 3.01. The molecule has 2 aromatic carbocycles. The number of hydrogen-bond donors (Lipinski definition) is 0. The molecule has 0 aliphatic carbocycles. The van der Waals surface area contributed by atoms with Gasteiger partial charge in [0.2, 0.25) is 0 Å². The first kappa shape index (κ1) is 16.5. The van der Waals surface area contributed by atoms with E-state index in [0.717, 1.165) is 35.1 Å². The van der Waals surface area contributed by atoms with Crippen LogP contribution in [0.25, 0.3) is 10.9 Å². The molecule has 0 saturated carbocycles. The number of nitrogens with zero attached hydrogens (tertiary/aromatic N) is 2. The fourth-order valence-corrected chi connectivity index (χ4v) is 3.54. The van der Waals surface area contributed by atoms with Gasteiger partial charge in [-0.1, -0.05) is 18.2 Å². The van der Waals surface area contributed by atoms with Crippen molar-refractivity contribution >= 4 is 16.8 Å². The maximum atomic E-state index is 13.2. The van der Waals surface area contributed by atoms with Gasteiger partial charge in [-0.15, -0.1) is 0 Å². The summed E-state index contributed by atoms with van der Waals surface area (Å²) in [7, 11) is 1.62. The monoisotopic (exact) mass is 350 g/mol. The SMILES string of the molecule is COc1ccc2nc(C(=O)N3CCCC3c3ccc(F)cc3)ccc2c1. The smallest absolute Gasteiger partial charge is 0.272 e. The number of likely N-dealkylation sites (tertiary alicyclic amines) is 1. The minimum absolute atomic E-state index is 0.0311. The first-order valence-corrected chi connectivity index (χ1v) is 8.67. The highest BCUT2D eigenvalue weighted by Crippen LogP contribution is 2.33. The second-order valence-corrected chi connectivity index (χ2v) is 6.46. The van der Waals surface area contributed by atoms with Gasteiger partial charge in [0.05, 0.1) is 18.7 Å². The van der Waals surface area contributed by atoms with Gasteiger partial charge in [0.15, 0.2) is 0 Å². The van der Waals surface area contributed by atoms with E-state index >= 15 is 0 Å². The zero-order chi connectivity index (χ0) is 18.1. The first-order chi connectivity index (χ1) is 12.7. The summed E-state index contributed by atoms with van der Waals surface area (Å²) < 4.78 is 18.4. The standard InChI is InChI=1S/C21H19FN2O2/c1-26-17-9-11-18-15(13-17)6-10-19(23-18)21(25)24-12-2-3-20(24)14-4-7-16(22)8-5-14/h4-11,13,20H,2-3,12H2,1H3. The molecule has 0 spiro atoms. The number of amides is 1. The summed E-state index contributed by atoms with van der Waals surface area (Å²) in [6, 6.07) is 15.6. The third-order valence-electron chi connectivity index (χ3n) is 4.88. The molecule has 4 rings (SSSR count). The maximum absolute atomic E-state index is 13.2. The van der Waals surface area contributed by atoms with Crippen LogP contribution in [0.15, 0.2) is 54.6 Å². The van der Waals surface area contributed by atoms with Crippen LogP contribution in [0.1, 0.15) is 34.9 Å². The van der Waals surface area contributed by atoms with Gasteiger partial charge in [-0.05, 0) is 54.8 Å². The Morgan fingerprint density at radius 1 is 1.15 bits per heavy atom. The highest BCUT2D eigenvalue weighted by molar-refractivity contribution is 5.95. The third-order valence-corrected chi connectivity index (χ3v) is 4.88. The van der Waals surface area contributed by atoms with Crippen molar-refractivity contribution in [2.75, 3.05) is 13.7 Å². The number of benzene rings is 2. The van der Waals surface area contributed by atoms with Crippen molar-refractivity contribution in [3.8, 4) is 5.75 Å². The van der Waals surface area contributed by atoms with Gasteiger partial charge in [-0.2, -0.15) is 0 Å². The number of hydrogen-bond acceptors (Lipinski definition) is 3. The van der Waals surface area contributed by atoms with Crippen LogP contribution in [0.4, 0.5) is 4.39 Å². The highest BCUT2D eigenvalue weighted by atomic mass is 19.1. The Morgan fingerprint density at radius 3 is 2.73 bits per heavy atom. The number of fused-ring (bicyclic) bond motifs is 1. The Balaban J connectivity index is 1.63. The number of carbonyl (C=O) groups excluding carboxylic acids is 1. The number of aromatic nitrogens is 1. The molecule has 1 amide bonds. The van der Waals surface area contributed by atoms with Crippen LogP contribution in [-0.4, -0.2) is 29.4 Å².